The van der Waals surface area contributed by atoms with Gasteiger partial charge in [0, 0.05) is 18.3 Å². The number of hydrogen-bond donors (Lipinski definition) is 1. The van der Waals surface area contributed by atoms with E-state index in [0.29, 0.717) is 0 Å². The van der Waals surface area contributed by atoms with Crippen molar-refractivity contribution in [1.29, 1.82) is 0 Å². The van der Waals surface area contributed by atoms with Crippen molar-refractivity contribution in [1.82, 2.24) is 10.3 Å². The Labute approximate surface area is 96.3 Å². The second kappa shape index (κ2) is 5.87. The van der Waals surface area contributed by atoms with Crippen LogP contribution < -0.4 is 5.32 Å². The molecule has 0 aromatic carbocycles. The predicted octanol–water partition coefficient (Wildman–Crippen LogP) is 1.55. The highest BCUT2D eigenvalue weighted by atomic mass is 35.5. The summed E-state index contributed by atoms with van der Waals surface area (Å²) in [7, 11) is 0. The van der Waals surface area contributed by atoms with Crippen LogP contribution in [0, 0.1) is 12.3 Å². The number of pyridine rings is 1. The molecule has 0 amide bonds. The molecule has 1 aliphatic heterocycles. The fourth-order valence-corrected chi connectivity index (χ4v) is 1.52. The van der Waals surface area contributed by atoms with Crippen LogP contribution in [0.15, 0.2) is 12.3 Å². The number of nitrogens with zero attached hydrogens (tertiary/aromatic N) is 1. The van der Waals surface area contributed by atoms with E-state index in [1.54, 1.807) is 6.20 Å². The zero-order chi connectivity index (χ0) is 8.39. The summed E-state index contributed by atoms with van der Waals surface area (Å²) in [6.07, 6.45) is 8.16. The van der Waals surface area contributed by atoms with Crippen LogP contribution >= 0.6 is 24.8 Å². The second-order valence-corrected chi connectivity index (χ2v) is 2.85. The van der Waals surface area contributed by atoms with E-state index in [1.807, 2.05) is 6.07 Å². The Kier molecular flexibility index (Phi) is 5.56. The van der Waals surface area contributed by atoms with E-state index in [4.69, 9.17) is 6.42 Å². The largest absolute Gasteiger partial charge is 0.311 e. The molecule has 1 aromatic rings. The molecule has 0 bridgehead atoms. The van der Waals surface area contributed by atoms with Crippen LogP contribution in [0.25, 0.3) is 0 Å². The summed E-state index contributed by atoms with van der Waals surface area (Å²) in [5, 5.41) is 3.26. The highest BCUT2D eigenvalue weighted by molar-refractivity contribution is 5.85. The van der Waals surface area contributed by atoms with Gasteiger partial charge in [0.2, 0.25) is 0 Å². The van der Waals surface area contributed by atoms with Crippen LogP contribution in [-0.2, 0) is 13.0 Å². The number of terminal acetylenes is 1. The van der Waals surface area contributed by atoms with Gasteiger partial charge in [-0.15, -0.1) is 31.2 Å². The summed E-state index contributed by atoms with van der Waals surface area (Å²) >= 11 is 0. The minimum atomic E-state index is 0. The van der Waals surface area contributed by atoms with E-state index in [-0.39, 0.29) is 24.8 Å². The monoisotopic (exact) mass is 230 g/mol. The summed E-state index contributed by atoms with van der Waals surface area (Å²) in [5.41, 5.74) is 3.36. The van der Waals surface area contributed by atoms with Gasteiger partial charge in [-0.2, -0.15) is 0 Å². The van der Waals surface area contributed by atoms with Gasteiger partial charge in [-0.25, -0.2) is 0 Å². The third-order valence-corrected chi connectivity index (χ3v) is 2.14. The van der Waals surface area contributed by atoms with Crippen molar-refractivity contribution < 1.29 is 0 Å². The molecule has 14 heavy (non-hydrogen) atoms. The minimum Gasteiger partial charge on any atom is -0.311 e. The molecule has 0 spiro atoms. The lowest BCUT2D eigenvalue weighted by molar-refractivity contribution is 0.626. The molecule has 2 heterocycles. The zero-order valence-electron chi connectivity index (χ0n) is 7.62. The molecule has 4 heteroatoms. The number of rotatable bonds is 0. The van der Waals surface area contributed by atoms with Crippen molar-refractivity contribution in [2.45, 2.75) is 13.0 Å². The fourth-order valence-electron chi connectivity index (χ4n) is 1.52. The topological polar surface area (TPSA) is 24.9 Å². The predicted molar refractivity (Wildman–Crippen MR) is 62.1 cm³/mol. The van der Waals surface area contributed by atoms with Gasteiger partial charge in [-0.05, 0) is 24.6 Å². The van der Waals surface area contributed by atoms with Gasteiger partial charge in [0.15, 0.2) is 0 Å². The van der Waals surface area contributed by atoms with Gasteiger partial charge in [-0.1, -0.05) is 5.92 Å². The molecule has 1 aromatic heterocycles. The normalized spacial score (nSPS) is 12.8. The number of hydrogen-bond acceptors (Lipinski definition) is 2. The SMILES string of the molecule is C#Cc1ccnc2c1CCNC2.Cl.Cl. The summed E-state index contributed by atoms with van der Waals surface area (Å²) in [5.74, 6) is 2.69. The first kappa shape index (κ1) is 13.2. The van der Waals surface area contributed by atoms with E-state index in [2.05, 4.69) is 16.2 Å². The number of fused-ring (bicyclic) bond motifs is 1. The van der Waals surface area contributed by atoms with E-state index in [0.717, 1.165) is 30.8 Å². The van der Waals surface area contributed by atoms with Gasteiger partial charge >= 0.3 is 0 Å². The van der Waals surface area contributed by atoms with Crippen molar-refractivity contribution in [2.75, 3.05) is 6.54 Å². The van der Waals surface area contributed by atoms with E-state index in [9.17, 15) is 0 Å². The van der Waals surface area contributed by atoms with Gasteiger partial charge in [0.1, 0.15) is 0 Å². The molecular weight excluding hydrogens is 219 g/mol. The first-order valence-corrected chi connectivity index (χ1v) is 4.06. The maximum absolute atomic E-state index is 5.38. The molecule has 0 unspecified atom stereocenters. The molecular formula is C10H12Cl2N2. The highest BCUT2D eigenvalue weighted by Crippen LogP contribution is 2.14. The molecule has 0 aliphatic carbocycles. The Morgan fingerprint density at radius 3 is 2.93 bits per heavy atom. The van der Waals surface area contributed by atoms with Crippen molar-refractivity contribution in [3.8, 4) is 12.3 Å². The molecule has 1 aliphatic rings. The Bertz CT molecular complexity index is 344. The molecule has 0 atom stereocenters. The van der Waals surface area contributed by atoms with Crippen molar-refractivity contribution >= 4 is 24.8 Å². The summed E-state index contributed by atoms with van der Waals surface area (Å²) in [6.45, 7) is 1.86. The lowest BCUT2D eigenvalue weighted by Crippen LogP contribution is -2.25. The van der Waals surface area contributed by atoms with Crippen LogP contribution in [0.5, 0.6) is 0 Å². The molecule has 2 nitrogen and oxygen atoms in total. The Hall–Kier alpha value is -0.750. The molecule has 2 rings (SSSR count). The van der Waals surface area contributed by atoms with Crippen molar-refractivity contribution in [2.24, 2.45) is 0 Å². The smallest absolute Gasteiger partial charge is 0.0586 e. The van der Waals surface area contributed by atoms with E-state index >= 15 is 0 Å². The standard InChI is InChI=1S/C10H10N2.2ClH/c1-2-8-3-6-12-10-7-11-5-4-9(8)10;;/h1,3,6,11H,4-5,7H2;2*1H. The highest BCUT2D eigenvalue weighted by Gasteiger charge is 2.11. The van der Waals surface area contributed by atoms with E-state index in [1.165, 1.54) is 5.56 Å². The number of nitrogens with one attached hydrogen (secondary N) is 1. The Morgan fingerprint density at radius 1 is 1.43 bits per heavy atom. The first-order chi connectivity index (χ1) is 5.92. The van der Waals surface area contributed by atoms with Crippen molar-refractivity contribution in [3.05, 3.63) is 29.1 Å². The van der Waals surface area contributed by atoms with Crippen molar-refractivity contribution in [3.63, 3.8) is 0 Å². The average molecular weight is 231 g/mol. The van der Waals surface area contributed by atoms with E-state index < -0.39 is 0 Å². The van der Waals surface area contributed by atoms with Gasteiger partial charge < -0.3 is 5.32 Å². The molecule has 0 fully saturated rings. The number of halogens is 2. The molecule has 76 valence electrons. The minimum absolute atomic E-state index is 0. The maximum atomic E-state index is 5.38. The quantitative estimate of drug-likeness (QED) is 0.685. The summed E-state index contributed by atoms with van der Waals surface area (Å²) in [6, 6.07) is 1.91. The van der Waals surface area contributed by atoms with Gasteiger partial charge in [0.05, 0.1) is 5.69 Å². The zero-order valence-corrected chi connectivity index (χ0v) is 9.25. The summed E-state index contributed by atoms with van der Waals surface area (Å²) < 4.78 is 0. The lowest BCUT2D eigenvalue weighted by atomic mass is 10.0. The van der Waals surface area contributed by atoms with Crippen LogP contribution in [-0.4, -0.2) is 11.5 Å². The Balaban J connectivity index is 0.000000845. The third-order valence-electron chi connectivity index (χ3n) is 2.14. The molecule has 0 radical (unpaired) electrons. The van der Waals surface area contributed by atoms with Crippen LogP contribution in [0.2, 0.25) is 0 Å². The Morgan fingerprint density at radius 2 is 2.21 bits per heavy atom. The average Bonchev–Trinajstić information content (AvgIpc) is 2.17. The van der Waals surface area contributed by atoms with Gasteiger partial charge in [0.25, 0.3) is 0 Å². The first-order valence-electron chi connectivity index (χ1n) is 4.06. The van der Waals surface area contributed by atoms with Crippen LogP contribution in [0.1, 0.15) is 16.8 Å². The fraction of sp³-hybridized carbons (Fsp3) is 0.300. The second-order valence-electron chi connectivity index (χ2n) is 2.85. The molecule has 0 saturated carbocycles. The van der Waals surface area contributed by atoms with Crippen LogP contribution in [0.3, 0.4) is 0 Å². The lowest BCUT2D eigenvalue weighted by Gasteiger charge is -2.16. The molecule has 0 saturated heterocycles. The van der Waals surface area contributed by atoms with Gasteiger partial charge in [-0.3, -0.25) is 4.98 Å². The molecule has 1 N–H and O–H groups in total. The maximum Gasteiger partial charge on any atom is 0.0586 e. The van der Waals surface area contributed by atoms with Crippen LogP contribution in [0.4, 0.5) is 0 Å². The summed E-state index contributed by atoms with van der Waals surface area (Å²) in [4.78, 5) is 4.27. The third kappa shape index (κ3) is 2.39. The number of aromatic nitrogens is 1.